The fourth-order valence-electron chi connectivity index (χ4n) is 2.04. The number of nitro groups is 1. The third-order valence-corrected chi connectivity index (χ3v) is 4.05. The SMILES string of the molecule is O=[N+]([O-])C(=Cc1c(Cl)nc2sccn12)Cc1ccccc1. The first-order valence-electron chi connectivity index (χ1n) is 6.15. The lowest BCUT2D eigenvalue weighted by Crippen LogP contribution is -2.03. The van der Waals surface area contributed by atoms with Gasteiger partial charge in [-0.25, -0.2) is 4.98 Å². The molecule has 0 bridgehead atoms. The Hall–Kier alpha value is -2.18. The normalized spacial score (nSPS) is 12.0. The summed E-state index contributed by atoms with van der Waals surface area (Å²) >= 11 is 7.50. The lowest BCUT2D eigenvalue weighted by molar-refractivity contribution is -0.425. The first kappa shape index (κ1) is 13.8. The number of nitrogens with zero attached hydrogens (tertiary/aromatic N) is 3. The van der Waals surface area contributed by atoms with E-state index in [-0.39, 0.29) is 22.2 Å². The van der Waals surface area contributed by atoms with Gasteiger partial charge in [-0.05, 0) is 5.56 Å². The molecule has 0 radical (unpaired) electrons. The fourth-order valence-corrected chi connectivity index (χ4v) is 3.03. The zero-order chi connectivity index (χ0) is 14.8. The van der Waals surface area contributed by atoms with Crippen molar-refractivity contribution in [3.05, 3.63) is 74.1 Å². The van der Waals surface area contributed by atoms with Gasteiger partial charge in [0, 0.05) is 17.7 Å². The van der Waals surface area contributed by atoms with Crippen LogP contribution in [0.1, 0.15) is 11.3 Å². The maximum absolute atomic E-state index is 11.3. The molecule has 0 aliphatic carbocycles. The molecule has 21 heavy (non-hydrogen) atoms. The van der Waals surface area contributed by atoms with Gasteiger partial charge < -0.3 is 0 Å². The van der Waals surface area contributed by atoms with Crippen LogP contribution in [0, 0.1) is 10.1 Å². The van der Waals surface area contributed by atoms with E-state index in [1.165, 1.54) is 17.4 Å². The summed E-state index contributed by atoms with van der Waals surface area (Å²) in [6.45, 7) is 0. The molecule has 2 heterocycles. The minimum atomic E-state index is -0.380. The van der Waals surface area contributed by atoms with Gasteiger partial charge >= 0.3 is 0 Å². The molecule has 1 aromatic carbocycles. The van der Waals surface area contributed by atoms with E-state index in [1.807, 2.05) is 35.7 Å². The van der Waals surface area contributed by atoms with Crippen molar-refractivity contribution in [2.45, 2.75) is 6.42 Å². The number of benzene rings is 1. The molecule has 7 heteroatoms. The molecule has 0 saturated carbocycles. The van der Waals surface area contributed by atoms with Crippen LogP contribution in [0.2, 0.25) is 5.15 Å². The summed E-state index contributed by atoms with van der Waals surface area (Å²) < 4.78 is 1.75. The molecule has 106 valence electrons. The summed E-state index contributed by atoms with van der Waals surface area (Å²) in [6, 6.07) is 9.30. The first-order valence-corrected chi connectivity index (χ1v) is 7.41. The third-order valence-electron chi connectivity index (χ3n) is 3.02. The van der Waals surface area contributed by atoms with E-state index in [2.05, 4.69) is 4.98 Å². The average Bonchev–Trinajstić information content (AvgIpc) is 3.02. The van der Waals surface area contributed by atoms with Crippen LogP contribution < -0.4 is 0 Å². The minimum Gasteiger partial charge on any atom is -0.289 e. The van der Waals surface area contributed by atoms with Crippen molar-refractivity contribution in [3.63, 3.8) is 0 Å². The third kappa shape index (κ3) is 2.81. The van der Waals surface area contributed by atoms with E-state index >= 15 is 0 Å². The highest BCUT2D eigenvalue weighted by Gasteiger charge is 2.16. The second-order valence-electron chi connectivity index (χ2n) is 4.40. The molecule has 0 fully saturated rings. The van der Waals surface area contributed by atoms with Crippen molar-refractivity contribution in [2.24, 2.45) is 0 Å². The van der Waals surface area contributed by atoms with Crippen LogP contribution in [0.4, 0.5) is 0 Å². The maximum atomic E-state index is 11.3. The van der Waals surface area contributed by atoms with Gasteiger partial charge in [0.1, 0.15) is 0 Å². The summed E-state index contributed by atoms with van der Waals surface area (Å²) in [5, 5.41) is 13.4. The topological polar surface area (TPSA) is 60.4 Å². The molecule has 0 unspecified atom stereocenters. The number of imidazole rings is 1. The van der Waals surface area contributed by atoms with Gasteiger partial charge in [-0.1, -0.05) is 41.9 Å². The molecule has 2 aromatic heterocycles. The van der Waals surface area contributed by atoms with Crippen molar-refractivity contribution in [2.75, 3.05) is 0 Å². The van der Waals surface area contributed by atoms with Crippen LogP contribution in [0.3, 0.4) is 0 Å². The van der Waals surface area contributed by atoms with Crippen molar-refractivity contribution in [3.8, 4) is 0 Å². The Labute approximate surface area is 129 Å². The van der Waals surface area contributed by atoms with Crippen LogP contribution in [-0.2, 0) is 6.42 Å². The zero-order valence-electron chi connectivity index (χ0n) is 10.8. The molecule has 3 rings (SSSR count). The summed E-state index contributed by atoms with van der Waals surface area (Å²) in [6.07, 6.45) is 3.52. The predicted molar refractivity (Wildman–Crippen MR) is 83.2 cm³/mol. The second-order valence-corrected chi connectivity index (χ2v) is 5.63. The summed E-state index contributed by atoms with van der Waals surface area (Å²) in [4.78, 5) is 15.8. The molecule has 0 amide bonds. The van der Waals surface area contributed by atoms with Gasteiger partial charge in [-0.15, -0.1) is 11.3 Å². The van der Waals surface area contributed by atoms with Crippen LogP contribution in [0.15, 0.2) is 47.6 Å². The number of hydrogen-bond acceptors (Lipinski definition) is 4. The Kier molecular flexibility index (Phi) is 3.72. The van der Waals surface area contributed by atoms with E-state index in [4.69, 9.17) is 11.6 Å². The van der Waals surface area contributed by atoms with Crippen molar-refractivity contribution < 1.29 is 4.92 Å². The lowest BCUT2D eigenvalue weighted by Gasteiger charge is -2.00. The Morgan fingerprint density at radius 3 is 2.90 bits per heavy atom. The maximum Gasteiger partial charge on any atom is 0.252 e. The summed E-state index contributed by atoms with van der Waals surface area (Å²) in [5.74, 6) is 0. The van der Waals surface area contributed by atoms with Crippen molar-refractivity contribution in [1.29, 1.82) is 0 Å². The van der Waals surface area contributed by atoms with E-state index in [0.29, 0.717) is 10.7 Å². The van der Waals surface area contributed by atoms with E-state index in [1.54, 1.807) is 10.6 Å². The molecule has 5 nitrogen and oxygen atoms in total. The highest BCUT2D eigenvalue weighted by Crippen LogP contribution is 2.24. The van der Waals surface area contributed by atoms with Gasteiger partial charge in [0.2, 0.25) is 0 Å². The number of halogens is 1. The number of rotatable bonds is 4. The molecule has 3 aromatic rings. The average molecular weight is 320 g/mol. The van der Waals surface area contributed by atoms with Gasteiger partial charge in [0.15, 0.2) is 10.1 Å². The van der Waals surface area contributed by atoms with E-state index in [9.17, 15) is 10.1 Å². The quantitative estimate of drug-likeness (QED) is 0.541. The predicted octanol–water partition coefficient (Wildman–Crippen LogP) is 3.91. The molecular formula is C14H10ClN3O2S. The minimum absolute atomic E-state index is 0.0797. The monoisotopic (exact) mass is 319 g/mol. The number of fused-ring (bicyclic) bond motifs is 1. The van der Waals surface area contributed by atoms with Crippen LogP contribution >= 0.6 is 22.9 Å². The van der Waals surface area contributed by atoms with Gasteiger partial charge in [0.25, 0.3) is 5.70 Å². The Morgan fingerprint density at radius 1 is 1.43 bits per heavy atom. The number of aromatic nitrogens is 2. The summed E-state index contributed by atoms with van der Waals surface area (Å²) in [7, 11) is 0. The first-order chi connectivity index (χ1) is 10.1. The van der Waals surface area contributed by atoms with Gasteiger partial charge in [-0.2, -0.15) is 0 Å². The largest absolute Gasteiger partial charge is 0.289 e. The van der Waals surface area contributed by atoms with Crippen LogP contribution in [-0.4, -0.2) is 14.3 Å². The van der Waals surface area contributed by atoms with Gasteiger partial charge in [-0.3, -0.25) is 14.5 Å². The van der Waals surface area contributed by atoms with Crippen molar-refractivity contribution >= 4 is 34.0 Å². The molecule has 0 saturated heterocycles. The Morgan fingerprint density at radius 2 is 2.19 bits per heavy atom. The standard InChI is InChI=1S/C14H10ClN3O2S/c15-13-12(17-6-7-21-14(17)16-13)9-11(18(19)20)8-10-4-2-1-3-5-10/h1-7,9H,8H2. The molecule has 0 N–H and O–H groups in total. The van der Waals surface area contributed by atoms with Gasteiger partial charge in [0.05, 0.1) is 17.0 Å². The smallest absolute Gasteiger partial charge is 0.252 e. The molecule has 0 spiro atoms. The highest BCUT2D eigenvalue weighted by atomic mass is 35.5. The number of thiazole rings is 1. The van der Waals surface area contributed by atoms with Crippen LogP contribution in [0.5, 0.6) is 0 Å². The molecule has 0 aliphatic rings. The second kappa shape index (κ2) is 5.67. The zero-order valence-corrected chi connectivity index (χ0v) is 12.3. The van der Waals surface area contributed by atoms with E-state index < -0.39 is 0 Å². The highest BCUT2D eigenvalue weighted by molar-refractivity contribution is 7.15. The lowest BCUT2D eigenvalue weighted by atomic mass is 10.1. The molecule has 0 aliphatic heterocycles. The number of hydrogen-bond donors (Lipinski definition) is 0. The summed E-state index contributed by atoms with van der Waals surface area (Å²) in [5.41, 5.74) is 1.49. The van der Waals surface area contributed by atoms with E-state index in [0.717, 1.165) is 5.56 Å². The fraction of sp³-hybridized carbons (Fsp3) is 0.0714. The Balaban J connectivity index is 2.02. The Bertz CT molecular complexity index is 823. The number of allylic oxidation sites excluding steroid dienone is 1. The molecule has 0 atom stereocenters. The van der Waals surface area contributed by atoms with Crippen molar-refractivity contribution in [1.82, 2.24) is 9.38 Å². The van der Waals surface area contributed by atoms with Crippen LogP contribution in [0.25, 0.3) is 11.0 Å². The molecular weight excluding hydrogens is 310 g/mol.